The van der Waals surface area contributed by atoms with Crippen LogP contribution >= 0.6 is 0 Å². The maximum atomic E-state index is 4.90. The van der Waals surface area contributed by atoms with E-state index in [0.29, 0.717) is 13.3 Å². The molecule has 0 atom stereocenters. The van der Waals surface area contributed by atoms with E-state index in [-0.39, 0.29) is 0 Å². The highest BCUT2D eigenvalue weighted by Gasteiger charge is 1.90. The maximum absolute atomic E-state index is 4.90. The Morgan fingerprint density at radius 3 is 2.36 bits per heavy atom. The molecule has 0 aromatic heterocycles. The molecule has 0 spiro atoms. The van der Waals surface area contributed by atoms with Crippen molar-refractivity contribution in [2.45, 2.75) is 26.2 Å². The minimum Gasteiger partial charge on any atom is -0.284 e. The normalized spacial score (nSPS) is 10.9. The van der Waals surface area contributed by atoms with Crippen LogP contribution in [0.3, 0.4) is 0 Å². The highest BCUT2D eigenvalue weighted by atomic mass is 17.2. The van der Waals surface area contributed by atoms with Gasteiger partial charge in [-0.05, 0) is 20.5 Å². The second-order valence-corrected chi connectivity index (χ2v) is 2.86. The molecule has 0 aromatic rings. The Hall–Kier alpha value is -0.120. The van der Waals surface area contributed by atoms with Crippen LogP contribution in [0.15, 0.2) is 0 Å². The summed E-state index contributed by atoms with van der Waals surface area (Å²) in [5.41, 5.74) is 0. The van der Waals surface area contributed by atoms with Gasteiger partial charge in [-0.15, -0.1) is 0 Å². The fourth-order valence-corrected chi connectivity index (χ4v) is 0.613. The Balaban J connectivity index is 2.80. The summed E-state index contributed by atoms with van der Waals surface area (Å²) >= 11 is 0. The van der Waals surface area contributed by atoms with Crippen LogP contribution in [0.5, 0.6) is 0 Å². The third-order valence-corrected chi connectivity index (χ3v) is 1.23. The molecule has 0 aliphatic heterocycles. The first-order valence-electron chi connectivity index (χ1n) is 4.16. The molecule has 68 valence electrons. The summed E-state index contributed by atoms with van der Waals surface area (Å²) in [4.78, 5) is 11.7. The van der Waals surface area contributed by atoms with Crippen LogP contribution < -0.4 is 0 Å². The maximum Gasteiger partial charge on any atom is 0.135 e. The standard InChI is InChI=1S/C8H19NO2/c1-4-5-6-7-10-11-8-9(2)3/h4-8H2,1-3H3. The Labute approximate surface area is 69.2 Å². The van der Waals surface area contributed by atoms with Gasteiger partial charge in [-0.1, -0.05) is 19.8 Å². The van der Waals surface area contributed by atoms with E-state index in [2.05, 4.69) is 6.92 Å². The number of hydrogen-bond donors (Lipinski definition) is 0. The van der Waals surface area contributed by atoms with Gasteiger partial charge in [-0.25, -0.2) is 9.78 Å². The van der Waals surface area contributed by atoms with Gasteiger partial charge in [-0.2, -0.15) is 0 Å². The zero-order chi connectivity index (χ0) is 8.53. The van der Waals surface area contributed by atoms with Crippen molar-refractivity contribution >= 4 is 0 Å². The topological polar surface area (TPSA) is 21.7 Å². The molecule has 0 aliphatic carbocycles. The van der Waals surface area contributed by atoms with Gasteiger partial charge >= 0.3 is 0 Å². The minimum atomic E-state index is 0.534. The Bertz CT molecular complexity index is 76.5. The van der Waals surface area contributed by atoms with Gasteiger partial charge in [0.2, 0.25) is 0 Å². The van der Waals surface area contributed by atoms with Crippen LogP contribution in [0.1, 0.15) is 26.2 Å². The molecule has 0 rings (SSSR count). The monoisotopic (exact) mass is 161 g/mol. The fourth-order valence-electron chi connectivity index (χ4n) is 0.613. The molecule has 0 N–H and O–H groups in total. The average molecular weight is 161 g/mol. The van der Waals surface area contributed by atoms with Crippen LogP contribution in [-0.2, 0) is 9.78 Å². The average Bonchev–Trinajstić information content (AvgIpc) is 1.96. The van der Waals surface area contributed by atoms with E-state index >= 15 is 0 Å². The van der Waals surface area contributed by atoms with Crippen molar-refractivity contribution in [3.8, 4) is 0 Å². The third kappa shape index (κ3) is 9.88. The number of nitrogens with zero attached hydrogens (tertiary/aromatic N) is 1. The molecule has 0 aromatic carbocycles. The van der Waals surface area contributed by atoms with Crippen LogP contribution in [0, 0.1) is 0 Å². The van der Waals surface area contributed by atoms with Crippen molar-refractivity contribution in [3.63, 3.8) is 0 Å². The lowest BCUT2D eigenvalue weighted by atomic mass is 10.3. The van der Waals surface area contributed by atoms with Crippen molar-refractivity contribution in [1.29, 1.82) is 0 Å². The number of unbranched alkanes of at least 4 members (excludes halogenated alkanes) is 2. The van der Waals surface area contributed by atoms with E-state index in [1.54, 1.807) is 0 Å². The van der Waals surface area contributed by atoms with E-state index in [9.17, 15) is 0 Å². The van der Waals surface area contributed by atoms with E-state index in [4.69, 9.17) is 9.78 Å². The molecule has 11 heavy (non-hydrogen) atoms. The SMILES string of the molecule is CCCCCOOCN(C)C. The summed E-state index contributed by atoms with van der Waals surface area (Å²) in [5.74, 6) is 0. The summed E-state index contributed by atoms with van der Waals surface area (Å²) in [6, 6.07) is 0. The van der Waals surface area contributed by atoms with Crippen LogP contribution in [-0.4, -0.2) is 32.3 Å². The summed E-state index contributed by atoms with van der Waals surface area (Å²) in [7, 11) is 3.88. The Morgan fingerprint density at radius 2 is 1.82 bits per heavy atom. The smallest absolute Gasteiger partial charge is 0.135 e. The number of hydrogen-bond acceptors (Lipinski definition) is 3. The van der Waals surface area contributed by atoms with Gasteiger partial charge < -0.3 is 0 Å². The molecule has 0 amide bonds. The Morgan fingerprint density at radius 1 is 1.09 bits per heavy atom. The molecule has 0 fully saturated rings. The summed E-state index contributed by atoms with van der Waals surface area (Å²) in [6.45, 7) is 3.41. The lowest BCUT2D eigenvalue weighted by molar-refractivity contribution is -0.312. The molecule has 0 saturated heterocycles. The quantitative estimate of drug-likeness (QED) is 0.245. The van der Waals surface area contributed by atoms with Gasteiger partial charge in [-0.3, -0.25) is 4.90 Å². The minimum absolute atomic E-state index is 0.534. The van der Waals surface area contributed by atoms with Gasteiger partial charge in [0.15, 0.2) is 0 Å². The first kappa shape index (κ1) is 10.9. The molecule has 0 bridgehead atoms. The highest BCUT2D eigenvalue weighted by molar-refractivity contribution is 4.32. The molecular weight excluding hydrogens is 142 g/mol. The lowest BCUT2D eigenvalue weighted by Gasteiger charge is -2.08. The summed E-state index contributed by atoms with van der Waals surface area (Å²) in [6.07, 6.45) is 3.52. The van der Waals surface area contributed by atoms with Gasteiger partial charge in [0.1, 0.15) is 6.73 Å². The van der Waals surface area contributed by atoms with Crippen molar-refractivity contribution in [2.75, 3.05) is 27.4 Å². The van der Waals surface area contributed by atoms with E-state index in [1.807, 2.05) is 19.0 Å². The van der Waals surface area contributed by atoms with Gasteiger partial charge in [0.25, 0.3) is 0 Å². The second-order valence-electron chi connectivity index (χ2n) is 2.86. The van der Waals surface area contributed by atoms with Crippen molar-refractivity contribution in [1.82, 2.24) is 4.90 Å². The molecule has 0 saturated carbocycles. The predicted octanol–water partition coefficient (Wildman–Crippen LogP) is 1.64. The van der Waals surface area contributed by atoms with Crippen molar-refractivity contribution < 1.29 is 9.78 Å². The summed E-state index contributed by atoms with van der Waals surface area (Å²) < 4.78 is 0. The second kappa shape index (κ2) is 7.98. The zero-order valence-corrected chi connectivity index (χ0v) is 7.80. The molecule has 0 aliphatic rings. The summed E-state index contributed by atoms with van der Waals surface area (Å²) in [5, 5.41) is 0. The molecule has 0 unspecified atom stereocenters. The molecule has 3 heteroatoms. The lowest BCUT2D eigenvalue weighted by Crippen LogP contribution is -2.16. The van der Waals surface area contributed by atoms with E-state index < -0.39 is 0 Å². The largest absolute Gasteiger partial charge is 0.284 e. The number of rotatable bonds is 7. The van der Waals surface area contributed by atoms with Crippen molar-refractivity contribution in [3.05, 3.63) is 0 Å². The van der Waals surface area contributed by atoms with E-state index in [0.717, 1.165) is 6.42 Å². The van der Waals surface area contributed by atoms with Gasteiger partial charge in [0.05, 0.1) is 6.61 Å². The fraction of sp³-hybridized carbons (Fsp3) is 1.00. The molecule has 0 heterocycles. The third-order valence-electron chi connectivity index (χ3n) is 1.23. The first-order valence-corrected chi connectivity index (χ1v) is 4.16. The van der Waals surface area contributed by atoms with Crippen LogP contribution in [0.25, 0.3) is 0 Å². The molecule has 3 nitrogen and oxygen atoms in total. The predicted molar refractivity (Wildman–Crippen MR) is 45.1 cm³/mol. The highest BCUT2D eigenvalue weighted by Crippen LogP contribution is 1.94. The zero-order valence-electron chi connectivity index (χ0n) is 7.80. The molecular formula is C8H19NO2. The van der Waals surface area contributed by atoms with Crippen molar-refractivity contribution in [2.24, 2.45) is 0 Å². The van der Waals surface area contributed by atoms with Crippen LogP contribution in [0.2, 0.25) is 0 Å². The first-order chi connectivity index (χ1) is 5.27. The van der Waals surface area contributed by atoms with Crippen LogP contribution in [0.4, 0.5) is 0 Å². The van der Waals surface area contributed by atoms with E-state index in [1.165, 1.54) is 12.8 Å². The molecule has 0 radical (unpaired) electrons. The Kier molecular flexibility index (Phi) is 7.89. The van der Waals surface area contributed by atoms with Gasteiger partial charge in [0, 0.05) is 0 Å².